The van der Waals surface area contributed by atoms with E-state index in [4.69, 9.17) is 5.73 Å². The van der Waals surface area contributed by atoms with Gasteiger partial charge in [0, 0.05) is 17.8 Å². The highest BCUT2D eigenvalue weighted by Gasteiger charge is 2.11. The number of benzene rings is 1. The Kier molecular flexibility index (Phi) is 4.85. The fourth-order valence-corrected chi connectivity index (χ4v) is 1.39. The maximum atomic E-state index is 11.5. The van der Waals surface area contributed by atoms with Crippen LogP contribution < -0.4 is 16.4 Å². The van der Waals surface area contributed by atoms with Gasteiger partial charge in [-0.15, -0.1) is 0 Å². The summed E-state index contributed by atoms with van der Waals surface area (Å²) in [4.78, 5) is 22.9. The Balaban J connectivity index is 2.91. The number of carbonyl (C=O) groups is 2. The highest BCUT2D eigenvalue weighted by molar-refractivity contribution is 5.97. The van der Waals surface area contributed by atoms with Crippen molar-refractivity contribution in [1.29, 1.82) is 0 Å². The molecule has 1 aromatic rings. The van der Waals surface area contributed by atoms with E-state index in [0.29, 0.717) is 17.8 Å². The number of hydrogen-bond donors (Lipinski definition) is 3. The fourth-order valence-electron chi connectivity index (χ4n) is 1.39. The number of nitrogens with two attached hydrogens (primary N) is 1. The molecule has 18 heavy (non-hydrogen) atoms. The van der Waals surface area contributed by atoms with Crippen molar-refractivity contribution < 1.29 is 9.59 Å². The van der Waals surface area contributed by atoms with Gasteiger partial charge < -0.3 is 16.4 Å². The summed E-state index contributed by atoms with van der Waals surface area (Å²) < 4.78 is 0. The lowest BCUT2D eigenvalue weighted by Gasteiger charge is -2.14. The summed E-state index contributed by atoms with van der Waals surface area (Å²) in [5, 5.41) is 5.51. The van der Waals surface area contributed by atoms with E-state index in [2.05, 4.69) is 10.6 Å². The lowest BCUT2D eigenvalue weighted by atomic mass is 10.1. The molecule has 98 valence electrons. The average molecular weight is 249 g/mol. The molecule has 1 atom stereocenters. The van der Waals surface area contributed by atoms with Gasteiger partial charge in [0.05, 0.1) is 6.04 Å². The number of hydrogen-bond acceptors (Lipinski definition) is 3. The van der Waals surface area contributed by atoms with Gasteiger partial charge in [-0.2, -0.15) is 0 Å². The van der Waals surface area contributed by atoms with Crippen molar-refractivity contribution in [2.75, 3.05) is 10.6 Å². The summed E-state index contributed by atoms with van der Waals surface area (Å²) >= 11 is 0. The van der Waals surface area contributed by atoms with Gasteiger partial charge in [-0.25, -0.2) is 0 Å². The first kappa shape index (κ1) is 14.2. The minimum atomic E-state index is -0.571. The van der Waals surface area contributed by atoms with Crippen LogP contribution in [0.1, 0.15) is 25.8 Å². The first-order chi connectivity index (χ1) is 8.45. The Morgan fingerprint density at radius 1 is 1.28 bits per heavy atom. The third-order valence-corrected chi connectivity index (χ3v) is 2.60. The molecular formula is C13H19N3O2. The molecule has 4 N–H and O–H groups in total. The topological polar surface area (TPSA) is 84.2 Å². The summed E-state index contributed by atoms with van der Waals surface area (Å²) in [5.41, 5.74) is 7.66. The molecule has 0 unspecified atom stereocenters. The van der Waals surface area contributed by atoms with E-state index in [1.54, 1.807) is 32.0 Å². The van der Waals surface area contributed by atoms with E-state index in [9.17, 15) is 9.59 Å². The fraction of sp³-hybridized carbons (Fsp3) is 0.385. The van der Waals surface area contributed by atoms with E-state index in [0.717, 1.165) is 5.56 Å². The Labute approximate surface area is 107 Å². The molecule has 0 saturated carbocycles. The molecule has 1 rings (SSSR count). The monoisotopic (exact) mass is 249 g/mol. The zero-order valence-electron chi connectivity index (χ0n) is 10.9. The number of nitrogens with one attached hydrogen (secondary N) is 2. The predicted molar refractivity (Wildman–Crippen MR) is 72.4 cm³/mol. The van der Waals surface area contributed by atoms with E-state index in [1.165, 1.54) is 0 Å². The number of rotatable bonds is 4. The molecule has 5 nitrogen and oxygen atoms in total. The lowest BCUT2D eigenvalue weighted by Crippen LogP contribution is -2.32. The van der Waals surface area contributed by atoms with Crippen molar-refractivity contribution in [3.63, 3.8) is 0 Å². The predicted octanol–water partition coefficient (Wildman–Crippen LogP) is 1.63. The Bertz CT molecular complexity index is 456. The van der Waals surface area contributed by atoms with Crippen LogP contribution in [0.25, 0.3) is 0 Å². The molecule has 2 amide bonds. The van der Waals surface area contributed by atoms with E-state index in [1.807, 2.05) is 6.92 Å². The molecule has 5 heteroatoms. The largest absolute Gasteiger partial charge is 0.326 e. The molecule has 0 radical (unpaired) electrons. The molecule has 0 spiro atoms. The second kappa shape index (κ2) is 6.16. The lowest BCUT2D eigenvalue weighted by molar-refractivity contribution is -0.117. The zero-order valence-corrected chi connectivity index (χ0v) is 10.9. The number of anilines is 2. The zero-order chi connectivity index (χ0) is 13.7. The van der Waals surface area contributed by atoms with Crippen molar-refractivity contribution in [1.82, 2.24) is 0 Å². The standard InChI is InChI=1S/C13H19N3O2/c1-4-12(17)15-10-6-5-7-11(8(10)2)16-13(18)9(3)14/h5-7,9H,4,14H2,1-3H3,(H,15,17)(H,16,18)/t9-/m0/s1. The number of carbonyl (C=O) groups excluding carboxylic acids is 2. The van der Waals surface area contributed by atoms with Gasteiger partial charge in [-0.3, -0.25) is 9.59 Å². The average Bonchev–Trinajstić information content (AvgIpc) is 2.33. The molecule has 0 saturated heterocycles. The normalized spacial score (nSPS) is 11.8. The van der Waals surface area contributed by atoms with Gasteiger partial charge >= 0.3 is 0 Å². The van der Waals surface area contributed by atoms with Gasteiger partial charge in [0.15, 0.2) is 0 Å². The van der Waals surface area contributed by atoms with Crippen LogP contribution in [0.2, 0.25) is 0 Å². The second-order valence-electron chi connectivity index (χ2n) is 4.16. The van der Waals surface area contributed by atoms with Crippen LogP contribution >= 0.6 is 0 Å². The smallest absolute Gasteiger partial charge is 0.241 e. The minimum Gasteiger partial charge on any atom is -0.326 e. The summed E-state index contributed by atoms with van der Waals surface area (Å²) in [6.07, 6.45) is 0.413. The molecule has 0 aliphatic carbocycles. The molecule has 0 heterocycles. The SMILES string of the molecule is CCC(=O)Nc1cccc(NC(=O)[C@H](C)N)c1C. The van der Waals surface area contributed by atoms with Crippen molar-refractivity contribution in [3.05, 3.63) is 23.8 Å². The molecule has 1 aromatic carbocycles. The Morgan fingerprint density at radius 3 is 2.33 bits per heavy atom. The summed E-state index contributed by atoms with van der Waals surface area (Å²) in [6, 6.07) is 4.77. The Hall–Kier alpha value is -1.88. The summed E-state index contributed by atoms with van der Waals surface area (Å²) in [5.74, 6) is -0.314. The van der Waals surface area contributed by atoms with Crippen LogP contribution in [0.5, 0.6) is 0 Å². The van der Waals surface area contributed by atoms with E-state index >= 15 is 0 Å². The van der Waals surface area contributed by atoms with E-state index < -0.39 is 6.04 Å². The van der Waals surface area contributed by atoms with Gasteiger partial charge in [0.2, 0.25) is 11.8 Å². The third-order valence-electron chi connectivity index (χ3n) is 2.60. The summed E-state index contributed by atoms with van der Waals surface area (Å²) in [7, 11) is 0. The third kappa shape index (κ3) is 3.56. The van der Waals surface area contributed by atoms with Crippen LogP contribution in [0.4, 0.5) is 11.4 Å². The van der Waals surface area contributed by atoms with Crippen LogP contribution in [0.3, 0.4) is 0 Å². The quantitative estimate of drug-likeness (QED) is 0.758. The van der Waals surface area contributed by atoms with Crippen LogP contribution in [-0.4, -0.2) is 17.9 Å². The van der Waals surface area contributed by atoms with Gasteiger partial charge in [-0.05, 0) is 31.5 Å². The van der Waals surface area contributed by atoms with Gasteiger partial charge in [-0.1, -0.05) is 13.0 Å². The summed E-state index contributed by atoms with van der Waals surface area (Å²) in [6.45, 7) is 5.24. The van der Waals surface area contributed by atoms with Crippen molar-refractivity contribution in [2.45, 2.75) is 33.2 Å². The molecule has 0 bridgehead atoms. The van der Waals surface area contributed by atoms with Crippen molar-refractivity contribution >= 4 is 23.2 Å². The second-order valence-corrected chi connectivity index (χ2v) is 4.16. The van der Waals surface area contributed by atoms with Crippen LogP contribution in [-0.2, 0) is 9.59 Å². The van der Waals surface area contributed by atoms with Gasteiger partial charge in [0.25, 0.3) is 0 Å². The van der Waals surface area contributed by atoms with E-state index in [-0.39, 0.29) is 11.8 Å². The maximum Gasteiger partial charge on any atom is 0.241 e. The van der Waals surface area contributed by atoms with Crippen molar-refractivity contribution in [2.24, 2.45) is 5.73 Å². The van der Waals surface area contributed by atoms with Crippen molar-refractivity contribution in [3.8, 4) is 0 Å². The first-order valence-corrected chi connectivity index (χ1v) is 5.91. The minimum absolute atomic E-state index is 0.0613. The molecule has 0 aliphatic rings. The van der Waals surface area contributed by atoms with Crippen LogP contribution in [0.15, 0.2) is 18.2 Å². The number of amides is 2. The molecule has 0 fully saturated rings. The maximum absolute atomic E-state index is 11.5. The Morgan fingerprint density at radius 2 is 1.83 bits per heavy atom. The molecular weight excluding hydrogens is 230 g/mol. The highest BCUT2D eigenvalue weighted by Crippen LogP contribution is 2.23. The highest BCUT2D eigenvalue weighted by atomic mass is 16.2. The van der Waals surface area contributed by atoms with Gasteiger partial charge in [0.1, 0.15) is 0 Å². The first-order valence-electron chi connectivity index (χ1n) is 5.91. The molecule has 0 aliphatic heterocycles. The molecule has 0 aromatic heterocycles. The van der Waals surface area contributed by atoms with Crippen LogP contribution in [0, 0.1) is 6.92 Å².